The van der Waals surface area contributed by atoms with E-state index in [0.717, 1.165) is 18.1 Å². The fraction of sp³-hybridized carbons (Fsp3) is 0.562. The van der Waals surface area contributed by atoms with E-state index in [4.69, 9.17) is 0 Å². The van der Waals surface area contributed by atoms with E-state index in [1.54, 1.807) is 0 Å². The Hall–Kier alpha value is -0.710. The average Bonchev–Trinajstić information content (AvgIpc) is 2.38. The first kappa shape index (κ1) is 18.3. The summed E-state index contributed by atoms with van der Waals surface area (Å²) in [6.45, 7) is 7.24. The van der Waals surface area contributed by atoms with Gasteiger partial charge in [-0.3, -0.25) is 4.79 Å². The maximum atomic E-state index is 12.1. The first-order chi connectivity index (χ1) is 9.54. The lowest BCUT2D eigenvalue weighted by atomic mass is 10.0. The van der Waals surface area contributed by atoms with Gasteiger partial charge in [0, 0.05) is 30.5 Å². The van der Waals surface area contributed by atoms with E-state index in [1.807, 2.05) is 11.8 Å². The third-order valence-corrected chi connectivity index (χ3v) is 4.68. The topological polar surface area (TPSA) is 41.1 Å². The number of aryl methyl sites for hydroxylation is 2. The normalized spacial score (nSPS) is 19.5. The van der Waals surface area contributed by atoms with Gasteiger partial charge in [0.2, 0.25) is 5.91 Å². The highest BCUT2D eigenvalue weighted by Gasteiger charge is 2.18. The SMILES string of the molecule is Cc1cc(C)cc(C(C)NC(=O)CC2CSCCN2)c1.Cl. The van der Waals surface area contributed by atoms with Gasteiger partial charge in [0.05, 0.1) is 6.04 Å². The Kier molecular flexibility index (Phi) is 7.57. The number of benzene rings is 1. The molecule has 1 saturated heterocycles. The molecule has 1 aromatic carbocycles. The number of hydrogen-bond donors (Lipinski definition) is 2. The number of carbonyl (C=O) groups excluding carboxylic acids is 1. The molecule has 21 heavy (non-hydrogen) atoms. The van der Waals surface area contributed by atoms with Gasteiger partial charge in [0.15, 0.2) is 0 Å². The van der Waals surface area contributed by atoms with Crippen molar-refractivity contribution in [1.82, 2.24) is 10.6 Å². The van der Waals surface area contributed by atoms with Crippen LogP contribution in [-0.4, -0.2) is 30.0 Å². The molecule has 1 amide bonds. The maximum Gasteiger partial charge on any atom is 0.222 e. The molecule has 118 valence electrons. The van der Waals surface area contributed by atoms with Crippen LogP contribution >= 0.6 is 24.2 Å². The zero-order valence-corrected chi connectivity index (χ0v) is 14.6. The van der Waals surface area contributed by atoms with Crippen LogP contribution < -0.4 is 10.6 Å². The van der Waals surface area contributed by atoms with E-state index in [2.05, 4.69) is 49.6 Å². The monoisotopic (exact) mass is 328 g/mol. The molecular formula is C16H25ClN2OS. The van der Waals surface area contributed by atoms with Gasteiger partial charge >= 0.3 is 0 Å². The highest BCUT2D eigenvalue weighted by atomic mass is 35.5. The number of rotatable bonds is 4. The molecule has 1 heterocycles. The molecule has 2 unspecified atom stereocenters. The summed E-state index contributed by atoms with van der Waals surface area (Å²) in [6.07, 6.45) is 0.572. The van der Waals surface area contributed by atoms with E-state index in [9.17, 15) is 4.79 Å². The Morgan fingerprint density at radius 3 is 2.62 bits per heavy atom. The molecule has 1 aliphatic heterocycles. The number of thioether (sulfide) groups is 1. The predicted molar refractivity (Wildman–Crippen MR) is 93.5 cm³/mol. The van der Waals surface area contributed by atoms with Crippen molar-refractivity contribution < 1.29 is 4.79 Å². The minimum absolute atomic E-state index is 0. The summed E-state index contributed by atoms with van der Waals surface area (Å²) < 4.78 is 0. The highest BCUT2D eigenvalue weighted by molar-refractivity contribution is 7.99. The second-order valence-electron chi connectivity index (χ2n) is 5.64. The van der Waals surface area contributed by atoms with Crippen molar-refractivity contribution in [2.75, 3.05) is 18.1 Å². The van der Waals surface area contributed by atoms with Crippen LogP contribution in [0.25, 0.3) is 0 Å². The van der Waals surface area contributed by atoms with E-state index in [0.29, 0.717) is 12.5 Å². The fourth-order valence-corrected chi connectivity index (χ4v) is 3.57. The molecule has 0 aromatic heterocycles. The van der Waals surface area contributed by atoms with E-state index < -0.39 is 0 Å². The van der Waals surface area contributed by atoms with Crippen LogP contribution in [0.1, 0.15) is 36.1 Å². The number of nitrogens with one attached hydrogen (secondary N) is 2. The van der Waals surface area contributed by atoms with Gasteiger partial charge in [-0.15, -0.1) is 12.4 Å². The van der Waals surface area contributed by atoms with Gasteiger partial charge < -0.3 is 10.6 Å². The molecule has 2 N–H and O–H groups in total. The van der Waals surface area contributed by atoms with E-state index in [-0.39, 0.29) is 24.4 Å². The summed E-state index contributed by atoms with van der Waals surface area (Å²) >= 11 is 1.92. The molecule has 1 fully saturated rings. The molecular weight excluding hydrogens is 304 g/mol. The highest BCUT2D eigenvalue weighted by Crippen LogP contribution is 2.17. The average molecular weight is 329 g/mol. The number of halogens is 1. The summed E-state index contributed by atoms with van der Waals surface area (Å²) in [5.41, 5.74) is 3.67. The van der Waals surface area contributed by atoms with Gasteiger partial charge in [-0.2, -0.15) is 11.8 Å². The largest absolute Gasteiger partial charge is 0.350 e. The van der Waals surface area contributed by atoms with Gasteiger partial charge in [-0.1, -0.05) is 29.3 Å². The van der Waals surface area contributed by atoms with Gasteiger partial charge in [-0.25, -0.2) is 0 Å². The van der Waals surface area contributed by atoms with E-state index >= 15 is 0 Å². The van der Waals surface area contributed by atoms with Crippen molar-refractivity contribution in [2.45, 2.75) is 39.3 Å². The van der Waals surface area contributed by atoms with Crippen LogP contribution in [0.3, 0.4) is 0 Å². The summed E-state index contributed by atoms with van der Waals surface area (Å²) in [5.74, 6) is 2.32. The lowest BCUT2D eigenvalue weighted by Gasteiger charge is -2.23. The Balaban J connectivity index is 0.00000220. The van der Waals surface area contributed by atoms with Crippen LogP contribution in [0.2, 0.25) is 0 Å². The Labute approximate surface area is 138 Å². The first-order valence-corrected chi connectivity index (χ1v) is 8.39. The number of amides is 1. The van der Waals surface area contributed by atoms with Crippen LogP contribution in [0.4, 0.5) is 0 Å². The van der Waals surface area contributed by atoms with Crippen LogP contribution in [0.15, 0.2) is 18.2 Å². The van der Waals surface area contributed by atoms with E-state index in [1.165, 1.54) is 16.7 Å². The fourth-order valence-electron chi connectivity index (χ4n) is 2.62. The van der Waals surface area contributed by atoms with Gasteiger partial charge in [0.1, 0.15) is 0 Å². The smallest absolute Gasteiger partial charge is 0.222 e. The molecule has 0 radical (unpaired) electrons. The molecule has 0 saturated carbocycles. The van der Waals surface area contributed by atoms with Crippen LogP contribution in [0, 0.1) is 13.8 Å². The Bertz CT molecular complexity index is 455. The Morgan fingerprint density at radius 1 is 1.38 bits per heavy atom. The molecule has 5 heteroatoms. The first-order valence-electron chi connectivity index (χ1n) is 7.23. The predicted octanol–water partition coefficient (Wildman–Crippen LogP) is 3.00. The standard InChI is InChI=1S/C16H24N2OS.ClH/c1-11-6-12(2)8-14(7-11)13(3)18-16(19)9-15-10-20-5-4-17-15;/h6-8,13,15,17H,4-5,9-10H2,1-3H3,(H,18,19);1H. The molecule has 1 aromatic rings. The lowest BCUT2D eigenvalue weighted by molar-refractivity contribution is -0.122. The molecule has 1 aliphatic rings. The van der Waals surface area contributed by atoms with Crippen LogP contribution in [0.5, 0.6) is 0 Å². The van der Waals surface area contributed by atoms with Crippen molar-refractivity contribution in [3.8, 4) is 0 Å². The lowest BCUT2D eigenvalue weighted by Crippen LogP contribution is -2.41. The molecule has 0 spiro atoms. The minimum atomic E-state index is 0. The maximum absolute atomic E-state index is 12.1. The summed E-state index contributed by atoms with van der Waals surface area (Å²) in [5, 5.41) is 6.51. The second kappa shape index (κ2) is 8.66. The summed E-state index contributed by atoms with van der Waals surface area (Å²) in [7, 11) is 0. The van der Waals surface area contributed by atoms with Crippen molar-refractivity contribution in [2.24, 2.45) is 0 Å². The van der Waals surface area contributed by atoms with Crippen molar-refractivity contribution >= 4 is 30.1 Å². The zero-order chi connectivity index (χ0) is 14.5. The number of carbonyl (C=O) groups is 1. The molecule has 2 rings (SSSR count). The quantitative estimate of drug-likeness (QED) is 0.892. The van der Waals surface area contributed by atoms with Crippen molar-refractivity contribution in [3.63, 3.8) is 0 Å². The molecule has 0 bridgehead atoms. The third-order valence-electron chi connectivity index (χ3n) is 3.55. The second-order valence-corrected chi connectivity index (χ2v) is 6.79. The summed E-state index contributed by atoms with van der Waals surface area (Å²) in [6, 6.07) is 6.83. The zero-order valence-electron chi connectivity index (χ0n) is 12.9. The van der Waals surface area contributed by atoms with Gasteiger partial charge in [0.25, 0.3) is 0 Å². The molecule has 3 nitrogen and oxygen atoms in total. The minimum Gasteiger partial charge on any atom is -0.350 e. The van der Waals surface area contributed by atoms with Crippen LogP contribution in [-0.2, 0) is 4.79 Å². The Morgan fingerprint density at radius 2 is 2.05 bits per heavy atom. The van der Waals surface area contributed by atoms with Gasteiger partial charge in [-0.05, 0) is 26.3 Å². The summed E-state index contributed by atoms with van der Waals surface area (Å²) in [4.78, 5) is 12.1. The molecule has 2 atom stereocenters. The van der Waals surface area contributed by atoms with Crippen molar-refractivity contribution in [3.05, 3.63) is 34.9 Å². The molecule has 0 aliphatic carbocycles. The third kappa shape index (κ3) is 5.89. The number of hydrogen-bond acceptors (Lipinski definition) is 3. The van der Waals surface area contributed by atoms with Crippen molar-refractivity contribution in [1.29, 1.82) is 0 Å².